The fraction of sp³-hybridized carbons (Fsp3) is 0.562. The molecule has 1 fully saturated rings. The van der Waals surface area contributed by atoms with E-state index in [2.05, 4.69) is 10.6 Å². The van der Waals surface area contributed by atoms with E-state index in [1.165, 1.54) is 32.1 Å². The van der Waals surface area contributed by atoms with E-state index in [9.17, 15) is 0 Å². The van der Waals surface area contributed by atoms with Crippen LogP contribution in [0.2, 0.25) is 0 Å². The van der Waals surface area contributed by atoms with Gasteiger partial charge in [0.1, 0.15) is 0 Å². The van der Waals surface area contributed by atoms with Crippen LogP contribution in [-0.4, -0.2) is 24.9 Å². The Morgan fingerprint density at radius 3 is 2.67 bits per heavy atom. The first-order valence-electron chi connectivity index (χ1n) is 7.61. The highest BCUT2D eigenvalue weighted by atomic mass is 32.1. The molecule has 1 aliphatic carbocycles. The topological polar surface area (TPSA) is 42.5 Å². The first-order chi connectivity index (χ1) is 10.2. The van der Waals surface area contributed by atoms with Crippen molar-refractivity contribution in [3.8, 4) is 11.5 Å². The Kier molecular flexibility index (Phi) is 6.11. The third kappa shape index (κ3) is 4.77. The number of benzene rings is 1. The molecule has 1 aliphatic rings. The summed E-state index contributed by atoms with van der Waals surface area (Å²) >= 11 is 5.39. The summed E-state index contributed by atoms with van der Waals surface area (Å²) < 4.78 is 10.8. The number of anilines is 1. The highest BCUT2D eigenvalue weighted by Gasteiger charge is 2.14. The molecule has 2 N–H and O–H groups in total. The van der Waals surface area contributed by atoms with Crippen LogP contribution in [0.1, 0.15) is 39.0 Å². The minimum Gasteiger partial charge on any atom is -0.493 e. The zero-order valence-electron chi connectivity index (χ0n) is 12.8. The Morgan fingerprint density at radius 2 is 2.00 bits per heavy atom. The van der Waals surface area contributed by atoms with Gasteiger partial charge in [0.25, 0.3) is 0 Å². The Balaban J connectivity index is 1.93. The summed E-state index contributed by atoms with van der Waals surface area (Å²) in [4.78, 5) is 0. The van der Waals surface area contributed by atoms with E-state index in [1.807, 2.05) is 25.1 Å². The number of hydrogen-bond donors (Lipinski definition) is 2. The summed E-state index contributed by atoms with van der Waals surface area (Å²) in [5.41, 5.74) is 0.906. The fourth-order valence-corrected chi connectivity index (χ4v) is 2.90. The lowest BCUT2D eigenvalue weighted by Gasteiger charge is -2.24. The molecule has 1 saturated carbocycles. The third-order valence-corrected chi connectivity index (χ3v) is 3.88. The number of nitrogens with one attached hydrogen (secondary N) is 2. The van der Waals surface area contributed by atoms with Crippen LogP contribution in [0.3, 0.4) is 0 Å². The van der Waals surface area contributed by atoms with Gasteiger partial charge in [-0.05, 0) is 44.1 Å². The van der Waals surface area contributed by atoms with Crippen molar-refractivity contribution in [2.24, 2.45) is 0 Å². The van der Waals surface area contributed by atoms with Gasteiger partial charge in [-0.3, -0.25) is 0 Å². The van der Waals surface area contributed by atoms with Crippen LogP contribution in [0.5, 0.6) is 11.5 Å². The SMILES string of the molecule is CCOc1ccc(NC(=S)NC2CCCCC2)cc1OC. The van der Waals surface area contributed by atoms with Crippen LogP contribution < -0.4 is 20.1 Å². The predicted octanol–water partition coefficient (Wildman–Crippen LogP) is 3.71. The zero-order valence-corrected chi connectivity index (χ0v) is 13.6. The number of thiocarbonyl (C=S) groups is 1. The summed E-state index contributed by atoms with van der Waals surface area (Å²) in [5, 5.41) is 7.29. The average molecular weight is 308 g/mol. The van der Waals surface area contributed by atoms with Crippen molar-refractivity contribution in [3.05, 3.63) is 18.2 Å². The van der Waals surface area contributed by atoms with Crippen molar-refractivity contribution < 1.29 is 9.47 Å². The van der Waals surface area contributed by atoms with Crippen molar-refractivity contribution in [1.29, 1.82) is 0 Å². The normalized spacial score (nSPS) is 15.3. The zero-order chi connectivity index (χ0) is 15.1. The van der Waals surface area contributed by atoms with Gasteiger partial charge >= 0.3 is 0 Å². The molecule has 116 valence electrons. The van der Waals surface area contributed by atoms with Crippen molar-refractivity contribution >= 4 is 23.0 Å². The van der Waals surface area contributed by atoms with Gasteiger partial charge in [0.05, 0.1) is 13.7 Å². The van der Waals surface area contributed by atoms with Crippen molar-refractivity contribution in [2.45, 2.75) is 45.1 Å². The molecule has 4 nitrogen and oxygen atoms in total. The molecule has 21 heavy (non-hydrogen) atoms. The van der Waals surface area contributed by atoms with E-state index in [1.54, 1.807) is 7.11 Å². The second-order valence-electron chi connectivity index (χ2n) is 5.23. The third-order valence-electron chi connectivity index (χ3n) is 3.66. The molecule has 0 atom stereocenters. The maximum Gasteiger partial charge on any atom is 0.170 e. The van der Waals surface area contributed by atoms with E-state index < -0.39 is 0 Å². The summed E-state index contributed by atoms with van der Waals surface area (Å²) in [6.07, 6.45) is 6.33. The minimum absolute atomic E-state index is 0.503. The highest BCUT2D eigenvalue weighted by molar-refractivity contribution is 7.80. The highest BCUT2D eigenvalue weighted by Crippen LogP contribution is 2.30. The minimum atomic E-state index is 0.503. The van der Waals surface area contributed by atoms with Gasteiger partial charge in [-0.2, -0.15) is 0 Å². The molecule has 0 unspecified atom stereocenters. The van der Waals surface area contributed by atoms with Gasteiger partial charge in [0.2, 0.25) is 0 Å². The molecule has 0 radical (unpaired) electrons. The molecule has 0 bridgehead atoms. The van der Waals surface area contributed by atoms with E-state index >= 15 is 0 Å². The quantitative estimate of drug-likeness (QED) is 0.812. The van der Waals surface area contributed by atoms with Crippen molar-refractivity contribution in [3.63, 3.8) is 0 Å². The molecular weight excluding hydrogens is 284 g/mol. The molecule has 5 heteroatoms. The van der Waals surface area contributed by atoms with Crippen LogP contribution >= 0.6 is 12.2 Å². The molecule has 1 aromatic carbocycles. The Labute approximate surface area is 132 Å². The lowest BCUT2D eigenvalue weighted by Crippen LogP contribution is -2.38. The smallest absolute Gasteiger partial charge is 0.170 e. The van der Waals surface area contributed by atoms with Crippen LogP contribution in [-0.2, 0) is 0 Å². The Hall–Kier alpha value is -1.49. The lowest BCUT2D eigenvalue weighted by atomic mass is 9.96. The molecule has 0 spiro atoms. The first-order valence-corrected chi connectivity index (χ1v) is 8.02. The van der Waals surface area contributed by atoms with Crippen LogP contribution in [0.4, 0.5) is 5.69 Å². The second kappa shape index (κ2) is 8.08. The Bertz CT molecular complexity index is 473. The summed E-state index contributed by atoms with van der Waals surface area (Å²) in [5.74, 6) is 1.46. The molecule has 0 aliphatic heterocycles. The summed E-state index contributed by atoms with van der Waals surface area (Å²) in [6.45, 7) is 2.57. The summed E-state index contributed by atoms with van der Waals surface area (Å²) in [6, 6.07) is 6.25. The molecular formula is C16H24N2O2S. The molecule has 0 aromatic heterocycles. The number of hydrogen-bond acceptors (Lipinski definition) is 3. The van der Waals surface area contributed by atoms with Crippen molar-refractivity contribution in [1.82, 2.24) is 5.32 Å². The summed E-state index contributed by atoms with van der Waals surface area (Å²) in [7, 11) is 1.64. The Morgan fingerprint density at radius 1 is 1.24 bits per heavy atom. The first kappa shape index (κ1) is 15.9. The van der Waals surface area contributed by atoms with Crippen LogP contribution in [0, 0.1) is 0 Å². The standard InChI is InChI=1S/C16H24N2O2S/c1-3-20-14-10-9-13(11-15(14)19-2)18-16(21)17-12-7-5-4-6-8-12/h9-12H,3-8H2,1-2H3,(H2,17,18,21). The number of ether oxygens (including phenoxy) is 2. The van der Waals surface area contributed by atoms with Crippen LogP contribution in [0.25, 0.3) is 0 Å². The largest absolute Gasteiger partial charge is 0.493 e. The predicted molar refractivity (Wildman–Crippen MR) is 90.4 cm³/mol. The monoisotopic (exact) mass is 308 g/mol. The van der Waals surface area contributed by atoms with Gasteiger partial charge in [-0.1, -0.05) is 19.3 Å². The van der Waals surface area contributed by atoms with E-state index in [-0.39, 0.29) is 0 Å². The lowest BCUT2D eigenvalue weighted by molar-refractivity contribution is 0.311. The van der Waals surface area contributed by atoms with E-state index in [0.717, 1.165) is 11.4 Å². The maximum atomic E-state index is 5.51. The van der Waals surface area contributed by atoms with Gasteiger partial charge in [-0.25, -0.2) is 0 Å². The molecule has 0 amide bonds. The molecule has 0 saturated heterocycles. The fourth-order valence-electron chi connectivity index (χ4n) is 2.62. The van der Waals surface area contributed by atoms with Gasteiger partial charge in [0, 0.05) is 17.8 Å². The second-order valence-corrected chi connectivity index (χ2v) is 5.64. The molecule has 2 rings (SSSR count). The number of rotatable bonds is 5. The van der Waals surface area contributed by atoms with Gasteiger partial charge in [-0.15, -0.1) is 0 Å². The van der Waals surface area contributed by atoms with Crippen LogP contribution in [0.15, 0.2) is 18.2 Å². The maximum absolute atomic E-state index is 5.51. The van der Waals surface area contributed by atoms with Gasteiger partial charge in [0.15, 0.2) is 16.6 Å². The van der Waals surface area contributed by atoms with E-state index in [4.69, 9.17) is 21.7 Å². The van der Waals surface area contributed by atoms with Crippen molar-refractivity contribution in [2.75, 3.05) is 19.0 Å². The molecule has 1 aromatic rings. The number of methoxy groups -OCH3 is 1. The molecule has 0 heterocycles. The van der Waals surface area contributed by atoms with E-state index in [0.29, 0.717) is 23.5 Å². The average Bonchev–Trinajstić information content (AvgIpc) is 2.50. The van der Waals surface area contributed by atoms with Gasteiger partial charge < -0.3 is 20.1 Å².